The Labute approximate surface area is 185 Å². The van der Waals surface area contributed by atoms with Crippen LogP contribution < -0.4 is 20.1 Å². The SMILES string of the molecule is O=[P+](c1cc(Br)c(OCCO)c(Br)c1)c1cc(Br)c(OCCO)c(Br)c1. The van der Waals surface area contributed by atoms with Crippen molar-refractivity contribution in [3.8, 4) is 11.5 Å². The monoisotopic (exact) mass is 633 g/mol. The number of hydrogen-bond donors (Lipinski definition) is 2. The largest absolute Gasteiger partial charge is 0.489 e. The minimum absolute atomic E-state index is 0.0956. The molecule has 0 aliphatic heterocycles. The minimum atomic E-state index is -1.87. The molecule has 5 nitrogen and oxygen atoms in total. The van der Waals surface area contributed by atoms with Crippen LogP contribution in [0.5, 0.6) is 11.5 Å². The molecule has 0 aliphatic rings. The summed E-state index contributed by atoms with van der Waals surface area (Å²) in [7, 11) is -1.87. The molecule has 0 atom stereocenters. The zero-order valence-corrected chi connectivity index (χ0v) is 20.5. The molecule has 0 amide bonds. The van der Waals surface area contributed by atoms with Crippen LogP contribution in [-0.2, 0) is 4.57 Å². The van der Waals surface area contributed by atoms with Gasteiger partial charge in [0.25, 0.3) is 0 Å². The van der Waals surface area contributed by atoms with Crippen molar-refractivity contribution in [3.05, 3.63) is 42.2 Å². The summed E-state index contributed by atoms with van der Waals surface area (Å²) < 4.78 is 26.5. The maximum absolute atomic E-state index is 13.0. The summed E-state index contributed by atoms with van der Waals surface area (Å²) in [5.74, 6) is 1.09. The van der Waals surface area contributed by atoms with E-state index in [-0.39, 0.29) is 26.4 Å². The molecule has 0 radical (unpaired) electrons. The first-order valence-corrected chi connectivity index (χ1v) is 11.7. The van der Waals surface area contributed by atoms with Crippen LogP contribution in [0.4, 0.5) is 0 Å². The van der Waals surface area contributed by atoms with E-state index in [9.17, 15) is 4.57 Å². The van der Waals surface area contributed by atoms with Gasteiger partial charge in [-0.1, -0.05) is 4.57 Å². The Kier molecular flexibility index (Phi) is 9.00. The number of aliphatic hydroxyl groups excluding tert-OH is 2. The van der Waals surface area contributed by atoms with Gasteiger partial charge in [-0.15, -0.1) is 0 Å². The van der Waals surface area contributed by atoms with Crippen LogP contribution in [0.3, 0.4) is 0 Å². The molecule has 26 heavy (non-hydrogen) atoms. The van der Waals surface area contributed by atoms with Crippen LogP contribution >= 0.6 is 71.5 Å². The van der Waals surface area contributed by atoms with E-state index < -0.39 is 7.80 Å². The summed E-state index contributed by atoms with van der Waals surface area (Å²) in [6.45, 7) is 0.138. The van der Waals surface area contributed by atoms with Gasteiger partial charge in [0, 0.05) is 24.3 Å². The summed E-state index contributed by atoms with van der Waals surface area (Å²) in [5.41, 5.74) is 0. The molecule has 2 rings (SSSR count). The standard InChI is InChI=1S/C16H14Br4O5P/c17-11-5-9(6-12(18)15(11)24-3-1-21)26(23)10-7-13(19)16(14(20)8-10)25-4-2-22/h5-8,21-22H,1-4H2/q+1. The normalized spacial score (nSPS) is 10.7. The molecular formula is C16H14Br4O5P+. The summed E-state index contributed by atoms with van der Waals surface area (Å²) in [6, 6.07) is 6.92. The molecule has 10 heteroatoms. The van der Waals surface area contributed by atoms with Gasteiger partial charge in [0.15, 0.2) is 10.6 Å². The number of aliphatic hydroxyl groups is 2. The maximum atomic E-state index is 13.0. The van der Waals surface area contributed by atoms with E-state index in [4.69, 9.17) is 19.7 Å². The van der Waals surface area contributed by atoms with E-state index in [0.717, 1.165) is 0 Å². The lowest BCUT2D eigenvalue weighted by Crippen LogP contribution is -2.10. The average molecular weight is 637 g/mol. The van der Waals surface area contributed by atoms with Gasteiger partial charge in [-0.3, -0.25) is 0 Å². The van der Waals surface area contributed by atoms with E-state index in [0.29, 0.717) is 40.0 Å². The molecule has 2 N–H and O–H groups in total. The number of halogens is 4. The third-order valence-electron chi connectivity index (χ3n) is 3.11. The molecule has 0 fully saturated rings. The van der Waals surface area contributed by atoms with Crippen LogP contribution in [0, 0.1) is 0 Å². The van der Waals surface area contributed by atoms with Crippen molar-refractivity contribution in [2.45, 2.75) is 0 Å². The predicted octanol–water partition coefficient (Wildman–Crippen LogP) is 4.26. The highest BCUT2D eigenvalue weighted by Crippen LogP contribution is 2.38. The fourth-order valence-electron chi connectivity index (χ4n) is 2.05. The van der Waals surface area contributed by atoms with Crippen LogP contribution in [-0.4, -0.2) is 36.6 Å². The molecule has 0 bridgehead atoms. The van der Waals surface area contributed by atoms with Gasteiger partial charge in [-0.2, -0.15) is 0 Å². The van der Waals surface area contributed by atoms with Crippen LogP contribution in [0.2, 0.25) is 0 Å². The molecule has 0 aliphatic carbocycles. The van der Waals surface area contributed by atoms with Gasteiger partial charge in [0.1, 0.15) is 24.7 Å². The molecular weight excluding hydrogens is 623 g/mol. The van der Waals surface area contributed by atoms with E-state index in [2.05, 4.69) is 63.7 Å². The lowest BCUT2D eigenvalue weighted by atomic mass is 10.3. The molecule has 0 heterocycles. The second kappa shape index (κ2) is 10.5. The van der Waals surface area contributed by atoms with Crippen molar-refractivity contribution >= 4 is 82.1 Å². The third-order valence-corrected chi connectivity index (χ3v) is 6.92. The van der Waals surface area contributed by atoms with Crippen molar-refractivity contribution < 1.29 is 24.3 Å². The quantitative estimate of drug-likeness (QED) is 0.424. The first-order chi connectivity index (χ1) is 12.4. The molecule has 0 saturated carbocycles. The molecule has 140 valence electrons. The number of ether oxygens (including phenoxy) is 2. The Morgan fingerprint density at radius 1 is 0.731 bits per heavy atom. The zero-order chi connectivity index (χ0) is 19.3. The zero-order valence-electron chi connectivity index (χ0n) is 13.2. The Bertz CT molecular complexity index is 704. The predicted molar refractivity (Wildman–Crippen MR) is 116 cm³/mol. The second-order valence-electron chi connectivity index (χ2n) is 4.92. The van der Waals surface area contributed by atoms with Gasteiger partial charge in [-0.25, -0.2) is 0 Å². The summed E-state index contributed by atoms with van der Waals surface area (Å²) in [5, 5.41) is 19.0. The minimum Gasteiger partial charge on any atom is -0.489 e. The smallest absolute Gasteiger partial charge is 0.415 e. The van der Waals surface area contributed by atoms with Gasteiger partial charge >= 0.3 is 7.80 Å². The highest BCUT2D eigenvalue weighted by Gasteiger charge is 2.28. The highest BCUT2D eigenvalue weighted by molar-refractivity contribution is 9.11. The third kappa shape index (κ3) is 5.50. The molecule has 0 aromatic heterocycles. The number of hydrogen-bond acceptors (Lipinski definition) is 5. The Morgan fingerprint density at radius 3 is 1.31 bits per heavy atom. The van der Waals surface area contributed by atoms with Gasteiger partial charge in [0.05, 0.1) is 31.1 Å². The van der Waals surface area contributed by atoms with Crippen molar-refractivity contribution in [1.29, 1.82) is 0 Å². The lowest BCUT2D eigenvalue weighted by Gasteiger charge is -2.09. The highest BCUT2D eigenvalue weighted by atomic mass is 79.9. The Hall–Kier alpha value is -0.0200. The van der Waals surface area contributed by atoms with Crippen LogP contribution in [0.15, 0.2) is 42.2 Å². The van der Waals surface area contributed by atoms with E-state index in [1.807, 2.05) is 0 Å². The molecule has 2 aromatic carbocycles. The maximum Gasteiger partial charge on any atom is 0.415 e. The number of rotatable bonds is 8. The molecule has 0 spiro atoms. The van der Waals surface area contributed by atoms with Crippen LogP contribution in [0.1, 0.15) is 0 Å². The van der Waals surface area contributed by atoms with Crippen molar-refractivity contribution in [2.24, 2.45) is 0 Å². The number of benzene rings is 2. The lowest BCUT2D eigenvalue weighted by molar-refractivity contribution is 0.200. The van der Waals surface area contributed by atoms with E-state index in [1.54, 1.807) is 24.3 Å². The Morgan fingerprint density at radius 2 is 1.04 bits per heavy atom. The van der Waals surface area contributed by atoms with E-state index >= 15 is 0 Å². The first-order valence-electron chi connectivity index (χ1n) is 7.31. The van der Waals surface area contributed by atoms with Gasteiger partial charge < -0.3 is 19.7 Å². The summed E-state index contributed by atoms with van der Waals surface area (Å²) >= 11 is 13.6. The molecule has 0 saturated heterocycles. The first kappa shape index (κ1) is 22.3. The average Bonchev–Trinajstić information content (AvgIpc) is 2.59. The summed E-state index contributed by atoms with van der Waals surface area (Å²) in [6.07, 6.45) is 0. The van der Waals surface area contributed by atoms with Crippen molar-refractivity contribution in [3.63, 3.8) is 0 Å². The van der Waals surface area contributed by atoms with E-state index in [1.165, 1.54) is 0 Å². The van der Waals surface area contributed by atoms with Gasteiger partial charge in [-0.05, 0) is 63.7 Å². The Balaban J connectivity index is 2.34. The van der Waals surface area contributed by atoms with Gasteiger partial charge in [0.2, 0.25) is 0 Å². The van der Waals surface area contributed by atoms with Crippen molar-refractivity contribution in [2.75, 3.05) is 26.4 Å². The molecule has 0 unspecified atom stereocenters. The fraction of sp³-hybridized carbons (Fsp3) is 0.250. The summed E-state index contributed by atoms with van der Waals surface area (Å²) in [4.78, 5) is 0. The topological polar surface area (TPSA) is 76.0 Å². The second-order valence-corrected chi connectivity index (χ2v) is 9.95. The van der Waals surface area contributed by atoms with Crippen molar-refractivity contribution in [1.82, 2.24) is 0 Å². The fourth-order valence-corrected chi connectivity index (χ4v) is 6.87. The van der Waals surface area contributed by atoms with Crippen LogP contribution in [0.25, 0.3) is 0 Å². The molecule has 2 aromatic rings.